The number of carbonyl (C=O) groups is 9. The number of aliphatic hydroxyl groups excluding tert-OH is 1. The van der Waals surface area contributed by atoms with E-state index in [1.54, 1.807) is 92.8 Å². The third kappa shape index (κ3) is 20.3. The molecule has 6 rings (SSSR count). The molecule has 0 radical (unpaired) electrons. The molecule has 1 saturated heterocycles. The number of primary amides is 1. The SMILES string of the molecule is CC(=O)N[C@@H](Cc1cnc[nH]1)C(=O)N1CCC[C@H]1C(=O)N[C@@H](Cc1ccccc1)C(=O)N[C@H](C(=O)N[C@@H](CC1CCCCC1)[C@@H](O)CC(=O)N[C@@H](CC(C)C)C(=O)N[C@@H](Cc1ccccc1)C(=O)N[C@@H](Cc1ccc(N)cc1)C(N)=O)C(C)C. The predicted molar refractivity (Wildman–Crippen MR) is 316 cm³/mol. The molecule has 1 saturated carbocycles. The maximum absolute atomic E-state index is 14.6. The Labute approximate surface area is 492 Å². The number of aliphatic hydroxyl groups is 1. The summed E-state index contributed by atoms with van der Waals surface area (Å²) < 4.78 is 0. The number of hydrogen-bond acceptors (Lipinski definition) is 12. The van der Waals surface area contributed by atoms with Gasteiger partial charge in [-0.2, -0.15) is 0 Å². The van der Waals surface area contributed by atoms with Gasteiger partial charge in [0.05, 0.1) is 24.9 Å². The zero-order chi connectivity index (χ0) is 60.9. The second-order valence-corrected chi connectivity index (χ2v) is 23.2. The summed E-state index contributed by atoms with van der Waals surface area (Å²) in [6.45, 7) is 8.78. The van der Waals surface area contributed by atoms with Crippen molar-refractivity contribution < 1.29 is 48.3 Å². The van der Waals surface area contributed by atoms with Gasteiger partial charge in [-0.1, -0.05) is 133 Å². The molecule has 454 valence electrons. The van der Waals surface area contributed by atoms with Crippen molar-refractivity contribution in [2.24, 2.45) is 23.5 Å². The number of rotatable bonds is 30. The van der Waals surface area contributed by atoms with Gasteiger partial charge >= 0.3 is 0 Å². The van der Waals surface area contributed by atoms with Crippen molar-refractivity contribution in [3.8, 4) is 0 Å². The highest BCUT2D eigenvalue weighted by Crippen LogP contribution is 2.29. The van der Waals surface area contributed by atoms with E-state index in [1.165, 1.54) is 18.2 Å². The lowest BCUT2D eigenvalue weighted by molar-refractivity contribution is -0.142. The van der Waals surface area contributed by atoms with E-state index >= 15 is 0 Å². The molecule has 1 aliphatic carbocycles. The molecule has 4 aromatic rings. The van der Waals surface area contributed by atoms with E-state index < -0.39 is 120 Å². The molecule has 0 unspecified atom stereocenters. The first-order chi connectivity index (χ1) is 40.1. The van der Waals surface area contributed by atoms with Crippen LogP contribution < -0.4 is 48.7 Å². The van der Waals surface area contributed by atoms with E-state index in [0.29, 0.717) is 47.3 Å². The molecular formula is C62H86N12O10. The Morgan fingerprint density at radius 1 is 0.631 bits per heavy atom. The number of amides is 9. The summed E-state index contributed by atoms with van der Waals surface area (Å²) in [6, 6.07) is 16.0. The molecule has 0 bridgehead atoms. The quantitative estimate of drug-likeness (QED) is 0.0336. The van der Waals surface area contributed by atoms with Crippen LogP contribution in [0, 0.1) is 17.8 Å². The summed E-state index contributed by atoms with van der Waals surface area (Å²) in [7, 11) is 0. The molecule has 13 N–H and O–H groups in total. The molecule has 84 heavy (non-hydrogen) atoms. The fraction of sp³-hybridized carbons (Fsp3) is 0.516. The largest absolute Gasteiger partial charge is 0.399 e. The van der Waals surface area contributed by atoms with Crippen LogP contribution in [0.25, 0.3) is 0 Å². The number of hydrogen-bond donors (Lipinski definition) is 11. The van der Waals surface area contributed by atoms with Gasteiger partial charge in [0.25, 0.3) is 0 Å². The van der Waals surface area contributed by atoms with Gasteiger partial charge in [0.2, 0.25) is 53.2 Å². The summed E-state index contributed by atoms with van der Waals surface area (Å²) in [5.74, 6) is -6.10. The number of likely N-dealkylation sites (tertiary alicyclic amines) is 1. The van der Waals surface area contributed by atoms with Crippen LogP contribution in [0.1, 0.15) is 121 Å². The number of nitrogens with two attached hydrogens (primary N) is 2. The molecular weight excluding hydrogens is 1070 g/mol. The van der Waals surface area contributed by atoms with Gasteiger partial charge < -0.3 is 63.7 Å². The fourth-order valence-electron chi connectivity index (χ4n) is 11.1. The second-order valence-electron chi connectivity index (χ2n) is 23.2. The second kappa shape index (κ2) is 32.1. The first kappa shape index (κ1) is 65.0. The fourth-order valence-corrected chi connectivity index (χ4v) is 11.1. The first-order valence-corrected chi connectivity index (χ1v) is 29.4. The Balaban J connectivity index is 1.16. The maximum atomic E-state index is 14.6. The summed E-state index contributed by atoms with van der Waals surface area (Å²) in [5, 5.41) is 31.8. The lowest BCUT2D eigenvalue weighted by Gasteiger charge is -2.33. The van der Waals surface area contributed by atoms with Gasteiger partial charge in [0.1, 0.15) is 42.3 Å². The van der Waals surface area contributed by atoms with Gasteiger partial charge in [0.15, 0.2) is 0 Å². The highest BCUT2D eigenvalue weighted by atomic mass is 16.3. The number of anilines is 1. The van der Waals surface area contributed by atoms with Crippen molar-refractivity contribution in [1.82, 2.24) is 52.1 Å². The Morgan fingerprint density at radius 3 is 1.77 bits per heavy atom. The minimum atomic E-state index is -1.45. The third-order valence-corrected chi connectivity index (χ3v) is 15.5. The molecule has 2 fully saturated rings. The number of imidazole rings is 1. The van der Waals surface area contributed by atoms with Gasteiger partial charge in [-0.05, 0) is 72.3 Å². The summed E-state index contributed by atoms with van der Waals surface area (Å²) in [4.78, 5) is 133. The Morgan fingerprint density at radius 2 is 1.20 bits per heavy atom. The predicted octanol–water partition coefficient (Wildman–Crippen LogP) is 2.58. The Kier molecular flexibility index (Phi) is 24.8. The van der Waals surface area contributed by atoms with Crippen molar-refractivity contribution in [1.29, 1.82) is 0 Å². The van der Waals surface area contributed by atoms with Crippen molar-refractivity contribution in [2.75, 3.05) is 12.3 Å². The van der Waals surface area contributed by atoms with Crippen molar-refractivity contribution in [3.05, 3.63) is 120 Å². The van der Waals surface area contributed by atoms with Crippen LogP contribution >= 0.6 is 0 Å². The van der Waals surface area contributed by atoms with Crippen LogP contribution in [0.3, 0.4) is 0 Å². The van der Waals surface area contributed by atoms with E-state index in [2.05, 4.69) is 47.2 Å². The standard InChI is InChI=1S/C62H86N12O10/c1-37(2)28-48(57(79)71-49(31-41-18-11-7-12-19-41)58(80)70-47(56(64)78)30-43-23-25-44(63)26-24-43)68-54(77)34-53(76)46(29-40-16-9-6-10-17-40)69-61(83)55(38(3)4)73-59(81)50(32-42-20-13-8-14-21-42)72-60(82)52-22-15-27-74(52)62(84)51(67-39(5)75)33-45-35-65-36-66-45/h7-8,11-14,18-21,23-26,35-38,40,46-53,55,76H,6,9-10,15-17,22,27-34,63H2,1-5H3,(H2,64,78)(H,65,66)(H,67,75)(H,68,77)(H,69,83)(H,70,80)(H,71,79)(H,72,82)(H,73,81)/t46-,47-,48-,49-,50-,51-,52-,53-,55-/m0/s1. The Hall–Kier alpha value is -8.14. The zero-order valence-electron chi connectivity index (χ0n) is 48.9. The lowest BCUT2D eigenvalue weighted by atomic mass is 9.83. The van der Waals surface area contributed by atoms with Crippen LogP contribution in [-0.2, 0) is 68.8 Å². The minimum absolute atomic E-state index is 0.0354. The van der Waals surface area contributed by atoms with E-state index in [9.17, 15) is 48.3 Å². The van der Waals surface area contributed by atoms with Gasteiger partial charge in [0, 0.05) is 56.7 Å². The Bertz CT molecular complexity index is 2810. The topological polar surface area (TPSA) is 342 Å². The molecule has 2 heterocycles. The van der Waals surface area contributed by atoms with Gasteiger partial charge in [-0.25, -0.2) is 4.98 Å². The molecule has 9 amide bonds. The highest BCUT2D eigenvalue weighted by molar-refractivity contribution is 5.97. The number of nitrogen functional groups attached to an aromatic ring is 1. The van der Waals surface area contributed by atoms with Crippen molar-refractivity contribution in [2.45, 2.75) is 179 Å². The van der Waals surface area contributed by atoms with Crippen LogP contribution in [0.2, 0.25) is 0 Å². The molecule has 2 aliphatic rings. The van der Waals surface area contributed by atoms with Crippen LogP contribution in [-0.4, -0.2) is 134 Å². The van der Waals surface area contributed by atoms with E-state index in [0.717, 1.165) is 32.1 Å². The molecule has 22 nitrogen and oxygen atoms in total. The average molecular weight is 1160 g/mol. The monoisotopic (exact) mass is 1160 g/mol. The normalized spacial score (nSPS) is 17.3. The zero-order valence-corrected chi connectivity index (χ0v) is 48.9. The number of nitrogens with one attached hydrogen (secondary N) is 8. The highest BCUT2D eigenvalue weighted by Gasteiger charge is 2.40. The number of benzene rings is 3. The summed E-state index contributed by atoms with van der Waals surface area (Å²) in [5.41, 5.74) is 14.9. The summed E-state index contributed by atoms with van der Waals surface area (Å²) >= 11 is 0. The number of nitrogens with zero attached hydrogens (tertiary/aromatic N) is 2. The van der Waals surface area contributed by atoms with E-state index in [-0.39, 0.29) is 50.5 Å². The van der Waals surface area contributed by atoms with Crippen LogP contribution in [0.5, 0.6) is 0 Å². The number of aromatic nitrogens is 2. The average Bonchev–Trinajstić information content (AvgIpc) is 4.18. The van der Waals surface area contributed by atoms with Gasteiger partial charge in [-0.15, -0.1) is 0 Å². The molecule has 1 aliphatic heterocycles. The molecule has 3 aromatic carbocycles. The van der Waals surface area contributed by atoms with E-state index in [4.69, 9.17) is 11.5 Å². The van der Waals surface area contributed by atoms with Crippen molar-refractivity contribution >= 4 is 58.9 Å². The van der Waals surface area contributed by atoms with Gasteiger partial charge in [-0.3, -0.25) is 43.2 Å². The molecule has 22 heteroatoms. The summed E-state index contributed by atoms with van der Waals surface area (Å²) in [6.07, 6.45) is 7.22. The first-order valence-electron chi connectivity index (χ1n) is 29.4. The van der Waals surface area contributed by atoms with Crippen LogP contribution in [0.4, 0.5) is 5.69 Å². The smallest absolute Gasteiger partial charge is 0.246 e. The number of carbonyl (C=O) groups excluding carboxylic acids is 9. The third-order valence-electron chi connectivity index (χ3n) is 15.5. The van der Waals surface area contributed by atoms with E-state index in [1.807, 2.05) is 26.0 Å². The lowest BCUT2D eigenvalue weighted by Crippen LogP contribution is -2.60. The maximum Gasteiger partial charge on any atom is 0.246 e. The number of aromatic amines is 1. The minimum Gasteiger partial charge on any atom is -0.399 e. The number of H-pyrrole nitrogens is 1. The molecule has 1 aromatic heterocycles. The van der Waals surface area contributed by atoms with Crippen LogP contribution in [0.15, 0.2) is 97.5 Å². The molecule has 0 spiro atoms. The van der Waals surface area contributed by atoms with Crippen molar-refractivity contribution in [3.63, 3.8) is 0 Å². The molecule has 9 atom stereocenters.